The normalized spacial score (nSPS) is 17.9. The van der Waals surface area contributed by atoms with E-state index in [1.165, 1.54) is 24.8 Å². The predicted octanol–water partition coefficient (Wildman–Crippen LogP) is 2.65. The van der Waals surface area contributed by atoms with E-state index in [4.69, 9.17) is 4.74 Å². The van der Waals surface area contributed by atoms with Gasteiger partial charge in [-0.2, -0.15) is 0 Å². The largest absolute Gasteiger partial charge is 0.375 e. The molecule has 1 aromatic rings. The molecule has 0 aliphatic heterocycles. The molecular formula is C16H23NO2. The first-order valence-electron chi connectivity index (χ1n) is 7.08. The van der Waals surface area contributed by atoms with E-state index < -0.39 is 0 Å². The lowest BCUT2D eigenvalue weighted by molar-refractivity contribution is -0.125. The van der Waals surface area contributed by atoms with Crippen LogP contribution in [0.4, 0.5) is 0 Å². The Labute approximate surface area is 115 Å². The number of hydrogen-bond acceptors (Lipinski definition) is 2. The molecular weight excluding hydrogens is 238 g/mol. The molecule has 0 unspecified atom stereocenters. The van der Waals surface area contributed by atoms with Crippen LogP contribution < -0.4 is 5.32 Å². The molecule has 0 heterocycles. The molecule has 1 aliphatic carbocycles. The number of carbonyl (C=O) groups is 1. The standard InChI is InChI=1S/C16H23NO2/c1-19-12-15(18)17-13-16(10-6-3-7-11-16)14-8-4-2-5-9-14/h2,4-5,8-9H,3,6-7,10-13H2,1H3,(H,17,18). The van der Waals surface area contributed by atoms with Crippen LogP contribution in [0.25, 0.3) is 0 Å². The zero-order valence-corrected chi connectivity index (χ0v) is 11.7. The van der Waals surface area contributed by atoms with Crippen molar-refractivity contribution >= 4 is 5.91 Å². The van der Waals surface area contributed by atoms with Gasteiger partial charge in [0.25, 0.3) is 0 Å². The average Bonchev–Trinajstić information content (AvgIpc) is 2.47. The van der Waals surface area contributed by atoms with E-state index in [0.717, 1.165) is 19.4 Å². The number of rotatable bonds is 5. The predicted molar refractivity (Wildman–Crippen MR) is 76.1 cm³/mol. The van der Waals surface area contributed by atoms with Crippen molar-refractivity contribution in [1.29, 1.82) is 0 Å². The van der Waals surface area contributed by atoms with Crippen LogP contribution in [0, 0.1) is 0 Å². The highest BCUT2D eigenvalue weighted by atomic mass is 16.5. The van der Waals surface area contributed by atoms with Crippen LogP contribution in [0.5, 0.6) is 0 Å². The fourth-order valence-corrected chi connectivity index (χ4v) is 3.04. The maximum absolute atomic E-state index is 11.6. The van der Waals surface area contributed by atoms with Gasteiger partial charge in [0.15, 0.2) is 0 Å². The molecule has 19 heavy (non-hydrogen) atoms. The van der Waals surface area contributed by atoms with Crippen molar-refractivity contribution < 1.29 is 9.53 Å². The minimum absolute atomic E-state index is 0.0246. The number of amides is 1. The maximum Gasteiger partial charge on any atom is 0.246 e. The molecule has 0 atom stereocenters. The van der Waals surface area contributed by atoms with Gasteiger partial charge in [-0.25, -0.2) is 0 Å². The topological polar surface area (TPSA) is 38.3 Å². The van der Waals surface area contributed by atoms with E-state index in [-0.39, 0.29) is 17.9 Å². The highest BCUT2D eigenvalue weighted by Crippen LogP contribution is 2.38. The van der Waals surface area contributed by atoms with Crippen molar-refractivity contribution in [1.82, 2.24) is 5.32 Å². The zero-order chi connectivity index (χ0) is 13.6. The number of benzene rings is 1. The molecule has 0 aromatic heterocycles. The first-order valence-corrected chi connectivity index (χ1v) is 7.08. The van der Waals surface area contributed by atoms with E-state index in [0.29, 0.717) is 0 Å². The maximum atomic E-state index is 11.6. The lowest BCUT2D eigenvalue weighted by Gasteiger charge is -2.38. The SMILES string of the molecule is COCC(=O)NCC1(c2ccccc2)CCCCC1. The van der Waals surface area contributed by atoms with Gasteiger partial charge in [-0.1, -0.05) is 49.6 Å². The minimum Gasteiger partial charge on any atom is -0.375 e. The van der Waals surface area contributed by atoms with E-state index in [9.17, 15) is 4.79 Å². The Kier molecular flexibility index (Phi) is 4.97. The number of hydrogen-bond donors (Lipinski definition) is 1. The van der Waals surface area contributed by atoms with Crippen LogP contribution in [-0.2, 0) is 14.9 Å². The van der Waals surface area contributed by atoms with Gasteiger partial charge in [-0.3, -0.25) is 4.79 Å². The molecule has 1 aromatic carbocycles. The van der Waals surface area contributed by atoms with Crippen LogP contribution in [-0.4, -0.2) is 26.2 Å². The molecule has 2 rings (SSSR count). The second-order valence-electron chi connectivity index (χ2n) is 5.42. The van der Waals surface area contributed by atoms with Crippen molar-refractivity contribution in [3.05, 3.63) is 35.9 Å². The Hall–Kier alpha value is -1.35. The smallest absolute Gasteiger partial charge is 0.246 e. The Morgan fingerprint density at radius 3 is 2.53 bits per heavy atom. The number of methoxy groups -OCH3 is 1. The third-order valence-electron chi connectivity index (χ3n) is 4.10. The minimum atomic E-state index is -0.0246. The van der Waals surface area contributed by atoms with E-state index in [1.54, 1.807) is 7.11 Å². The fraction of sp³-hybridized carbons (Fsp3) is 0.562. The molecule has 3 heteroatoms. The summed E-state index contributed by atoms with van der Waals surface area (Å²) in [5.74, 6) is -0.0246. The van der Waals surface area contributed by atoms with Crippen molar-refractivity contribution in [2.45, 2.75) is 37.5 Å². The summed E-state index contributed by atoms with van der Waals surface area (Å²) < 4.78 is 4.87. The second kappa shape index (κ2) is 6.71. The Balaban J connectivity index is 2.09. The zero-order valence-electron chi connectivity index (χ0n) is 11.7. The third-order valence-corrected chi connectivity index (χ3v) is 4.10. The molecule has 0 radical (unpaired) electrons. The Morgan fingerprint density at radius 2 is 1.89 bits per heavy atom. The fourth-order valence-electron chi connectivity index (χ4n) is 3.04. The summed E-state index contributed by atoms with van der Waals surface area (Å²) >= 11 is 0. The van der Waals surface area contributed by atoms with Crippen LogP contribution in [0.3, 0.4) is 0 Å². The lowest BCUT2D eigenvalue weighted by Crippen LogP contribution is -2.43. The first-order chi connectivity index (χ1) is 9.27. The molecule has 1 fully saturated rings. The highest BCUT2D eigenvalue weighted by Gasteiger charge is 2.33. The van der Waals surface area contributed by atoms with E-state index in [1.807, 2.05) is 6.07 Å². The first kappa shape index (κ1) is 14.1. The van der Waals surface area contributed by atoms with Crippen LogP contribution in [0.1, 0.15) is 37.7 Å². The summed E-state index contributed by atoms with van der Waals surface area (Å²) in [5, 5.41) is 3.03. The summed E-state index contributed by atoms with van der Waals surface area (Å²) in [4.78, 5) is 11.6. The number of carbonyl (C=O) groups excluding carboxylic acids is 1. The Morgan fingerprint density at radius 1 is 1.21 bits per heavy atom. The molecule has 1 N–H and O–H groups in total. The molecule has 1 aliphatic rings. The summed E-state index contributed by atoms with van der Waals surface area (Å²) in [6.45, 7) is 0.865. The van der Waals surface area contributed by atoms with Crippen molar-refractivity contribution in [2.24, 2.45) is 0 Å². The summed E-state index contributed by atoms with van der Waals surface area (Å²) in [6, 6.07) is 10.6. The molecule has 3 nitrogen and oxygen atoms in total. The van der Waals surface area contributed by atoms with Crippen molar-refractivity contribution in [3.8, 4) is 0 Å². The van der Waals surface area contributed by atoms with Crippen molar-refractivity contribution in [2.75, 3.05) is 20.3 Å². The number of ether oxygens (including phenoxy) is 1. The second-order valence-corrected chi connectivity index (χ2v) is 5.42. The third kappa shape index (κ3) is 3.57. The molecule has 0 saturated heterocycles. The molecule has 104 valence electrons. The average molecular weight is 261 g/mol. The van der Waals surface area contributed by atoms with Gasteiger partial charge in [0, 0.05) is 19.1 Å². The van der Waals surface area contributed by atoms with Gasteiger partial charge in [-0.05, 0) is 18.4 Å². The molecule has 0 bridgehead atoms. The van der Waals surface area contributed by atoms with Gasteiger partial charge >= 0.3 is 0 Å². The molecule has 0 spiro atoms. The van der Waals surface area contributed by atoms with Crippen molar-refractivity contribution in [3.63, 3.8) is 0 Å². The highest BCUT2D eigenvalue weighted by molar-refractivity contribution is 5.77. The van der Waals surface area contributed by atoms with Crippen LogP contribution in [0.2, 0.25) is 0 Å². The van der Waals surface area contributed by atoms with Crippen LogP contribution in [0.15, 0.2) is 30.3 Å². The van der Waals surface area contributed by atoms with Gasteiger partial charge in [0.1, 0.15) is 6.61 Å². The van der Waals surface area contributed by atoms with Gasteiger partial charge in [0.2, 0.25) is 5.91 Å². The molecule has 1 amide bonds. The van der Waals surface area contributed by atoms with Gasteiger partial charge in [-0.15, -0.1) is 0 Å². The van der Waals surface area contributed by atoms with E-state index >= 15 is 0 Å². The van der Waals surface area contributed by atoms with Gasteiger partial charge in [0.05, 0.1) is 0 Å². The van der Waals surface area contributed by atoms with E-state index in [2.05, 4.69) is 29.6 Å². The molecule has 1 saturated carbocycles. The summed E-state index contributed by atoms with van der Waals surface area (Å²) in [6.07, 6.45) is 6.11. The lowest BCUT2D eigenvalue weighted by atomic mass is 9.69. The Bertz CT molecular complexity index is 396. The van der Waals surface area contributed by atoms with Crippen LogP contribution >= 0.6 is 0 Å². The number of nitrogens with one attached hydrogen (secondary N) is 1. The quantitative estimate of drug-likeness (QED) is 0.885. The summed E-state index contributed by atoms with van der Waals surface area (Å²) in [5.41, 5.74) is 1.47. The van der Waals surface area contributed by atoms with Gasteiger partial charge < -0.3 is 10.1 Å². The monoisotopic (exact) mass is 261 g/mol. The summed E-state index contributed by atoms with van der Waals surface area (Å²) in [7, 11) is 1.55.